The van der Waals surface area contributed by atoms with E-state index in [1.807, 2.05) is 13.8 Å². The maximum atomic E-state index is 11.6. The maximum absolute atomic E-state index is 11.6. The van der Waals surface area contributed by atoms with Gasteiger partial charge in [0.25, 0.3) is 11.2 Å². The zero-order valence-electron chi connectivity index (χ0n) is 10.6. The van der Waals surface area contributed by atoms with Crippen LogP contribution in [0.4, 0.5) is 11.4 Å². The second kappa shape index (κ2) is 5.05. The summed E-state index contributed by atoms with van der Waals surface area (Å²) in [7, 11) is 0. The molecule has 0 amide bonds. The number of aromatic nitrogens is 2. The molecule has 0 aliphatic heterocycles. The number of aromatic amines is 1. The Bertz CT molecular complexity index is 678. The van der Waals surface area contributed by atoms with Gasteiger partial charge in [0, 0.05) is 12.6 Å². The molecule has 1 aromatic carbocycles. The summed E-state index contributed by atoms with van der Waals surface area (Å²) >= 11 is 0. The summed E-state index contributed by atoms with van der Waals surface area (Å²) in [6.07, 6.45) is 1.28. The van der Waals surface area contributed by atoms with Crippen molar-refractivity contribution in [2.45, 2.75) is 13.8 Å². The number of nitrogens with zero attached hydrogens (tertiary/aromatic N) is 2. The highest BCUT2D eigenvalue weighted by Crippen LogP contribution is 2.27. The zero-order valence-corrected chi connectivity index (χ0v) is 10.6. The Kier molecular flexibility index (Phi) is 3.46. The quantitative estimate of drug-likeness (QED) is 0.647. The molecule has 7 heteroatoms. The lowest BCUT2D eigenvalue weighted by atomic mass is 10.1. The second-order valence-electron chi connectivity index (χ2n) is 4.65. The molecule has 0 radical (unpaired) electrons. The van der Waals surface area contributed by atoms with Crippen molar-refractivity contribution in [3.8, 4) is 0 Å². The van der Waals surface area contributed by atoms with E-state index in [2.05, 4.69) is 15.3 Å². The first kappa shape index (κ1) is 13.0. The first-order chi connectivity index (χ1) is 8.99. The van der Waals surface area contributed by atoms with Gasteiger partial charge in [0.2, 0.25) is 0 Å². The van der Waals surface area contributed by atoms with E-state index in [1.165, 1.54) is 18.5 Å². The fourth-order valence-electron chi connectivity index (χ4n) is 1.71. The molecule has 0 fully saturated rings. The molecule has 1 heterocycles. The summed E-state index contributed by atoms with van der Waals surface area (Å²) in [5.74, 6) is 0.349. The van der Waals surface area contributed by atoms with Crippen molar-refractivity contribution in [1.29, 1.82) is 0 Å². The highest BCUT2D eigenvalue weighted by molar-refractivity contribution is 5.86. The number of hydrogen-bond donors (Lipinski definition) is 2. The minimum atomic E-state index is -0.505. The van der Waals surface area contributed by atoms with Crippen LogP contribution in [0.5, 0.6) is 0 Å². The summed E-state index contributed by atoms with van der Waals surface area (Å²) < 4.78 is 0. The molecule has 2 aromatic rings. The van der Waals surface area contributed by atoms with E-state index < -0.39 is 4.92 Å². The molecule has 7 nitrogen and oxygen atoms in total. The van der Waals surface area contributed by atoms with Crippen molar-refractivity contribution < 1.29 is 4.92 Å². The molecule has 2 rings (SSSR count). The van der Waals surface area contributed by atoms with E-state index in [1.54, 1.807) is 0 Å². The molecule has 0 aliphatic carbocycles. The summed E-state index contributed by atoms with van der Waals surface area (Å²) in [5, 5.41) is 14.3. The molecular formula is C12H14N4O3. The Morgan fingerprint density at radius 3 is 2.84 bits per heavy atom. The van der Waals surface area contributed by atoms with Crippen LogP contribution in [0.25, 0.3) is 10.9 Å². The van der Waals surface area contributed by atoms with Crippen molar-refractivity contribution in [2.75, 3.05) is 11.9 Å². The lowest BCUT2D eigenvalue weighted by Gasteiger charge is -2.09. The van der Waals surface area contributed by atoms with Crippen LogP contribution in [-0.4, -0.2) is 21.4 Å². The van der Waals surface area contributed by atoms with Gasteiger partial charge in [-0.1, -0.05) is 13.8 Å². The third-order valence-corrected chi connectivity index (χ3v) is 2.66. The third-order valence-electron chi connectivity index (χ3n) is 2.66. The predicted octanol–water partition coefficient (Wildman–Crippen LogP) is 1.90. The van der Waals surface area contributed by atoms with Crippen LogP contribution in [-0.2, 0) is 0 Å². The maximum Gasteiger partial charge on any atom is 0.293 e. The minimum absolute atomic E-state index is 0.119. The summed E-state index contributed by atoms with van der Waals surface area (Å²) in [5.41, 5.74) is 0.306. The summed E-state index contributed by atoms with van der Waals surface area (Å²) in [4.78, 5) is 28.6. The van der Waals surface area contributed by atoms with Crippen molar-refractivity contribution in [1.82, 2.24) is 9.97 Å². The smallest absolute Gasteiger partial charge is 0.293 e. The molecule has 0 unspecified atom stereocenters. The Morgan fingerprint density at radius 2 is 2.21 bits per heavy atom. The number of hydrogen-bond acceptors (Lipinski definition) is 5. The molecule has 0 saturated heterocycles. The number of anilines is 1. The highest BCUT2D eigenvalue weighted by Gasteiger charge is 2.17. The number of rotatable bonds is 4. The number of nitrogens with one attached hydrogen (secondary N) is 2. The Balaban J connectivity index is 2.58. The van der Waals surface area contributed by atoms with Gasteiger partial charge >= 0.3 is 0 Å². The van der Waals surface area contributed by atoms with Crippen LogP contribution in [0.15, 0.2) is 23.3 Å². The Labute approximate surface area is 108 Å². The first-order valence-corrected chi connectivity index (χ1v) is 5.88. The average Bonchev–Trinajstić information content (AvgIpc) is 2.35. The number of nitro benzene ring substituents is 1. The van der Waals surface area contributed by atoms with Crippen LogP contribution >= 0.6 is 0 Å². The number of nitro groups is 1. The topological polar surface area (TPSA) is 101 Å². The predicted molar refractivity (Wildman–Crippen MR) is 72.3 cm³/mol. The largest absolute Gasteiger partial charge is 0.379 e. The van der Waals surface area contributed by atoms with E-state index in [0.29, 0.717) is 23.7 Å². The van der Waals surface area contributed by atoms with Gasteiger partial charge in [-0.3, -0.25) is 14.9 Å². The van der Waals surface area contributed by atoms with Gasteiger partial charge < -0.3 is 10.3 Å². The van der Waals surface area contributed by atoms with Gasteiger partial charge in [0.15, 0.2) is 0 Å². The van der Waals surface area contributed by atoms with Gasteiger partial charge in [-0.25, -0.2) is 4.98 Å². The molecule has 19 heavy (non-hydrogen) atoms. The lowest BCUT2D eigenvalue weighted by Crippen LogP contribution is -2.11. The SMILES string of the molecule is CC(C)CNc1cc2nc[nH]c(=O)c2cc1[N+](=O)[O-]. The van der Waals surface area contributed by atoms with Gasteiger partial charge in [-0.15, -0.1) is 0 Å². The van der Waals surface area contributed by atoms with E-state index in [9.17, 15) is 14.9 Å². The van der Waals surface area contributed by atoms with E-state index in [4.69, 9.17) is 0 Å². The molecule has 2 N–H and O–H groups in total. The standard InChI is InChI=1S/C12H14N4O3/c1-7(2)5-13-10-4-9-8(3-11(10)16(18)19)12(17)15-6-14-9/h3-4,6-7,13H,5H2,1-2H3,(H,14,15,17). The monoisotopic (exact) mass is 262 g/mol. The van der Waals surface area contributed by atoms with Crippen molar-refractivity contribution >= 4 is 22.3 Å². The van der Waals surface area contributed by atoms with Crippen molar-refractivity contribution in [3.63, 3.8) is 0 Å². The number of H-pyrrole nitrogens is 1. The number of benzene rings is 1. The van der Waals surface area contributed by atoms with Crippen LogP contribution in [0.1, 0.15) is 13.8 Å². The molecule has 0 spiro atoms. The normalized spacial score (nSPS) is 10.9. The fraction of sp³-hybridized carbons (Fsp3) is 0.333. The zero-order chi connectivity index (χ0) is 14.0. The highest BCUT2D eigenvalue weighted by atomic mass is 16.6. The molecule has 0 atom stereocenters. The summed E-state index contributed by atoms with van der Waals surface area (Å²) in [6, 6.07) is 2.79. The fourth-order valence-corrected chi connectivity index (χ4v) is 1.71. The van der Waals surface area contributed by atoms with Crippen molar-refractivity contribution in [2.24, 2.45) is 5.92 Å². The molecule has 0 aliphatic rings. The first-order valence-electron chi connectivity index (χ1n) is 5.88. The third kappa shape index (κ3) is 2.70. The van der Waals surface area contributed by atoms with Crippen LogP contribution in [0.2, 0.25) is 0 Å². The molecule has 0 bridgehead atoms. The van der Waals surface area contributed by atoms with Crippen molar-refractivity contribution in [3.05, 3.63) is 38.9 Å². The van der Waals surface area contributed by atoms with Crippen LogP contribution < -0.4 is 10.9 Å². The molecule has 1 aromatic heterocycles. The van der Waals surface area contributed by atoms with Gasteiger partial charge in [-0.2, -0.15) is 0 Å². The molecule has 100 valence electrons. The van der Waals surface area contributed by atoms with E-state index in [0.717, 1.165) is 0 Å². The van der Waals surface area contributed by atoms with Crippen LogP contribution in [0, 0.1) is 16.0 Å². The lowest BCUT2D eigenvalue weighted by molar-refractivity contribution is -0.383. The summed E-state index contributed by atoms with van der Waals surface area (Å²) in [6.45, 7) is 4.61. The average molecular weight is 262 g/mol. The number of fused-ring (bicyclic) bond motifs is 1. The van der Waals surface area contributed by atoms with Gasteiger partial charge in [0.1, 0.15) is 5.69 Å². The minimum Gasteiger partial charge on any atom is -0.379 e. The Morgan fingerprint density at radius 1 is 1.47 bits per heavy atom. The van der Waals surface area contributed by atoms with Gasteiger partial charge in [-0.05, 0) is 12.0 Å². The second-order valence-corrected chi connectivity index (χ2v) is 4.65. The van der Waals surface area contributed by atoms with E-state index >= 15 is 0 Å². The molecule has 0 saturated carbocycles. The van der Waals surface area contributed by atoms with Crippen LogP contribution in [0.3, 0.4) is 0 Å². The van der Waals surface area contributed by atoms with Gasteiger partial charge in [0.05, 0.1) is 22.2 Å². The molecular weight excluding hydrogens is 248 g/mol. The van der Waals surface area contributed by atoms with E-state index in [-0.39, 0.29) is 16.6 Å². The Hall–Kier alpha value is -2.44.